The molecule has 1 aliphatic carbocycles. The van der Waals surface area contributed by atoms with Crippen LogP contribution >= 0.6 is 0 Å². The molecule has 0 unspecified atom stereocenters. The van der Waals surface area contributed by atoms with Crippen LogP contribution in [0.15, 0.2) is 164 Å². The van der Waals surface area contributed by atoms with E-state index < -0.39 is 37.7 Å². The highest BCUT2D eigenvalue weighted by Crippen LogP contribution is 2.56. The van der Waals surface area contributed by atoms with Gasteiger partial charge in [-0.1, -0.05) is 251 Å². The number of fused-ring (bicyclic) bond motifs is 3. The predicted octanol–water partition coefficient (Wildman–Crippen LogP) is 13.1. The first-order valence-electron chi connectivity index (χ1n) is 23.3. The normalized spacial score (nSPS) is 13.7. The van der Waals surface area contributed by atoms with E-state index in [0.717, 1.165) is 22.3 Å². The molecule has 0 spiro atoms. The van der Waals surface area contributed by atoms with Crippen molar-refractivity contribution in [2.45, 2.75) is 84.0 Å². The smallest absolute Gasteiger partial charge is 0.164 e. The zero-order chi connectivity index (χ0) is 46.1. The molecule has 0 radical (unpaired) electrons. The first-order chi connectivity index (χ1) is 30.7. The maximum atomic E-state index is 5.22. The third-order valence-corrected chi connectivity index (χ3v) is 21.8. The number of hydrogen-bond donors (Lipinski definition) is 0. The molecule has 8 aromatic rings. The molecule has 1 aliphatic rings. The average molecular weight is 915 g/mol. The Kier molecular flexibility index (Phi) is 11.2. The lowest BCUT2D eigenvalue weighted by Gasteiger charge is -2.35. The summed E-state index contributed by atoms with van der Waals surface area (Å²) in [6.45, 7) is 28.9. The van der Waals surface area contributed by atoms with Crippen LogP contribution in [0.2, 0.25) is 78.6 Å². The molecule has 7 aromatic carbocycles. The Hall–Kier alpha value is -5.58. The zero-order valence-corrected chi connectivity index (χ0v) is 44.4. The molecular formula is C58H63N3Si4. The van der Waals surface area contributed by atoms with Gasteiger partial charge in [0.25, 0.3) is 0 Å². The maximum Gasteiger partial charge on any atom is 0.164 e. The minimum atomic E-state index is -1.53. The van der Waals surface area contributed by atoms with Gasteiger partial charge in [0.1, 0.15) is 0 Å². The van der Waals surface area contributed by atoms with E-state index in [-0.39, 0.29) is 0 Å². The third-order valence-electron chi connectivity index (χ3n) is 13.5. The molecule has 0 amide bonds. The number of rotatable bonds is 10. The van der Waals surface area contributed by atoms with Crippen molar-refractivity contribution >= 4 is 53.0 Å². The van der Waals surface area contributed by atoms with E-state index in [1.54, 1.807) is 0 Å². The highest BCUT2D eigenvalue weighted by Gasteiger charge is 2.46. The Morgan fingerprint density at radius 1 is 0.292 bits per heavy atom. The molecule has 0 saturated carbocycles. The van der Waals surface area contributed by atoms with Crippen molar-refractivity contribution in [2.75, 3.05) is 0 Å². The van der Waals surface area contributed by atoms with Gasteiger partial charge in [0.15, 0.2) is 17.5 Å². The molecule has 7 heteroatoms. The van der Waals surface area contributed by atoms with Gasteiger partial charge >= 0.3 is 0 Å². The summed E-state index contributed by atoms with van der Waals surface area (Å²) in [6, 6.07) is 62.2. The SMILES string of the molecule is C[Si](C)(C)c1ccc(-c2nc(-c3ccc([Si](C)(C)C)cc3)nc(-c3cccc(-c4ccc5c(c4)C(c4ccc([Si](C)(C)C)cc4)(c4ccc([Si](C)(C)C)cc4)c4ccccc4-5)c3)n2)cc1. The molecule has 0 N–H and O–H groups in total. The van der Waals surface area contributed by atoms with Gasteiger partial charge in [-0.3, -0.25) is 0 Å². The van der Waals surface area contributed by atoms with Crippen molar-refractivity contribution in [3.8, 4) is 56.4 Å². The van der Waals surface area contributed by atoms with E-state index >= 15 is 0 Å². The van der Waals surface area contributed by atoms with Gasteiger partial charge in [0.05, 0.1) is 37.7 Å². The lowest BCUT2D eigenvalue weighted by atomic mass is 9.67. The van der Waals surface area contributed by atoms with Crippen LogP contribution in [-0.4, -0.2) is 47.2 Å². The summed E-state index contributed by atoms with van der Waals surface area (Å²) in [4.78, 5) is 15.6. The number of hydrogen-bond acceptors (Lipinski definition) is 3. The highest BCUT2D eigenvalue weighted by atomic mass is 28.3. The minimum Gasteiger partial charge on any atom is -0.208 e. The summed E-state index contributed by atoms with van der Waals surface area (Å²) in [5, 5.41) is 5.77. The van der Waals surface area contributed by atoms with E-state index in [0.29, 0.717) is 17.5 Å². The Bertz CT molecular complexity index is 2900. The topological polar surface area (TPSA) is 38.7 Å². The van der Waals surface area contributed by atoms with Gasteiger partial charge in [0.2, 0.25) is 0 Å². The van der Waals surface area contributed by atoms with Crippen molar-refractivity contribution in [1.29, 1.82) is 0 Å². The Balaban J connectivity index is 1.21. The number of benzene rings is 7. The Morgan fingerprint density at radius 2 is 0.646 bits per heavy atom. The van der Waals surface area contributed by atoms with Crippen LogP contribution in [0.25, 0.3) is 56.4 Å². The van der Waals surface area contributed by atoms with Crippen molar-refractivity contribution in [1.82, 2.24) is 15.0 Å². The number of aromatic nitrogens is 3. The van der Waals surface area contributed by atoms with Crippen LogP contribution in [0.1, 0.15) is 22.3 Å². The Morgan fingerprint density at radius 3 is 1.09 bits per heavy atom. The molecule has 1 heterocycles. The summed E-state index contributed by atoms with van der Waals surface area (Å²) in [5.74, 6) is 2.04. The quantitative estimate of drug-likeness (QED) is 0.128. The molecular weight excluding hydrogens is 851 g/mol. The highest BCUT2D eigenvalue weighted by molar-refractivity contribution is 6.90. The minimum absolute atomic E-state index is 0.496. The molecule has 0 aliphatic heterocycles. The monoisotopic (exact) mass is 913 g/mol. The van der Waals surface area contributed by atoms with Crippen LogP contribution in [0.4, 0.5) is 0 Å². The fourth-order valence-electron chi connectivity index (χ4n) is 9.53. The van der Waals surface area contributed by atoms with Crippen LogP contribution in [0.3, 0.4) is 0 Å². The molecule has 326 valence electrons. The summed E-state index contributed by atoms with van der Waals surface area (Å²) < 4.78 is 0. The van der Waals surface area contributed by atoms with E-state index in [4.69, 9.17) is 15.0 Å². The molecule has 0 bridgehead atoms. The van der Waals surface area contributed by atoms with Crippen molar-refractivity contribution in [3.05, 3.63) is 186 Å². The van der Waals surface area contributed by atoms with E-state index in [1.807, 2.05) is 0 Å². The van der Waals surface area contributed by atoms with Crippen LogP contribution < -0.4 is 20.7 Å². The third kappa shape index (κ3) is 8.44. The molecule has 0 saturated heterocycles. The second kappa shape index (κ2) is 16.4. The van der Waals surface area contributed by atoms with Gasteiger partial charge in [-0.15, -0.1) is 0 Å². The molecule has 0 atom stereocenters. The molecule has 1 aromatic heterocycles. The van der Waals surface area contributed by atoms with Crippen LogP contribution in [-0.2, 0) is 5.41 Å². The molecule has 9 rings (SSSR count). The van der Waals surface area contributed by atoms with Gasteiger partial charge < -0.3 is 0 Å². The lowest BCUT2D eigenvalue weighted by Crippen LogP contribution is -2.39. The van der Waals surface area contributed by atoms with Crippen molar-refractivity contribution < 1.29 is 0 Å². The van der Waals surface area contributed by atoms with Gasteiger partial charge in [-0.2, -0.15) is 0 Å². The summed E-state index contributed by atoms with van der Waals surface area (Å²) in [7, 11) is -6.02. The summed E-state index contributed by atoms with van der Waals surface area (Å²) in [5.41, 5.74) is 12.6. The fourth-order valence-corrected chi connectivity index (χ4v) is 14.2. The standard InChI is InChI=1S/C58H63N3Si4/c1-62(2,3)47-29-20-40(21-30-47)55-59-56(41-22-31-48(32-23-41)63(4,5)6)61-57(60-55)44-17-15-16-42(38-44)43-24-37-52-51-18-13-14-19-53(51)58(54(52)39-43,45-25-33-49(34-26-45)64(7,8)9)46-27-35-50(36-28-46)65(10,11)12/h13-39H,1-12H3. The summed E-state index contributed by atoms with van der Waals surface area (Å²) >= 11 is 0. The zero-order valence-electron chi connectivity index (χ0n) is 40.4. The van der Waals surface area contributed by atoms with Crippen LogP contribution in [0, 0.1) is 0 Å². The average Bonchev–Trinajstić information content (AvgIpc) is 3.58. The van der Waals surface area contributed by atoms with Crippen molar-refractivity contribution in [3.63, 3.8) is 0 Å². The van der Waals surface area contributed by atoms with Crippen molar-refractivity contribution in [2.24, 2.45) is 0 Å². The molecule has 3 nitrogen and oxygen atoms in total. The second-order valence-electron chi connectivity index (χ2n) is 22.3. The first-order valence-corrected chi connectivity index (χ1v) is 37.3. The van der Waals surface area contributed by atoms with E-state index in [2.05, 4.69) is 242 Å². The molecule has 65 heavy (non-hydrogen) atoms. The Labute approximate surface area is 392 Å². The van der Waals surface area contributed by atoms with Gasteiger partial charge in [0, 0.05) is 16.7 Å². The summed E-state index contributed by atoms with van der Waals surface area (Å²) in [6.07, 6.45) is 0. The predicted molar refractivity (Wildman–Crippen MR) is 291 cm³/mol. The fraction of sp³-hybridized carbons (Fsp3) is 0.224. The van der Waals surface area contributed by atoms with E-state index in [9.17, 15) is 0 Å². The van der Waals surface area contributed by atoms with E-state index in [1.165, 1.54) is 59.7 Å². The van der Waals surface area contributed by atoms with Gasteiger partial charge in [-0.05, 0) is 56.6 Å². The molecule has 0 fully saturated rings. The largest absolute Gasteiger partial charge is 0.208 e. The first kappa shape index (κ1) is 44.6. The van der Waals surface area contributed by atoms with Crippen LogP contribution in [0.5, 0.6) is 0 Å². The van der Waals surface area contributed by atoms with Gasteiger partial charge in [-0.25, -0.2) is 15.0 Å². The maximum absolute atomic E-state index is 5.22. The second-order valence-corrected chi connectivity index (χ2v) is 42.6. The number of nitrogens with zero attached hydrogens (tertiary/aromatic N) is 3. The lowest BCUT2D eigenvalue weighted by molar-refractivity contribution is 0.769.